The zero-order valence-electron chi connectivity index (χ0n) is 20.5. The molecule has 1 aromatic carbocycles. The highest BCUT2D eigenvalue weighted by Gasteiger charge is 2.30. The number of carbonyl (C=O) groups is 2. The number of ether oxygens (including phenoxy) is 3. The topological polar surface area (TPSA) is 148 Å². The van der Waals surface area contributed by atoms with Crippen LogP contribution in [0.1, 0.15) is 54.6 Å². The van der Waals surface area contributed by atoms with E-state index >= 15 is 0 Å². The van der Waals surface area contributed by atoms with E-state index in [4.69, 9.17) is 19.3 Å². The Morgan fingerprint density at radius 1 is 1.08 bits per heavy atom. The van der Waals surface area contributed by atoms with Gasteiger partial charge in [-0.2, -0.15) is 0 Å². The van der Waals surface area contributed by atoms with E-state index in [0.717, 1.165) is 0 Å². The zero-order chi connectivity index (χ0) is 25.5. The van der Waals surface area contributed by atoms with Gasteiger partial charge in [0.25, 0.3) is 5.91 Å². The number of aromatic amines is 1. The van der Waals surface area contributed by atoms with Crippen LogP contribution in [-0.2, 0) is 0 Å². The second kappa shape index (κ2) is 9.45. The summed E-state index contributed by atoms with van der Waals surface area (Å²) in [7, 11) is 0. The molecule has 11 heteroatoms. The summed E-state index contributed by atoms with van der Waals surface area (Å²) in [6.45, 7) is 2.58. The van der Waals surface area contributed by atoms with Gasteiger partial charge in [0, 0.05) is 17.8 Å². The van der Waals surface area contributed by atoms with Crippen LogP contribution in [0.4, 0.5) is 4.79 Å². The summed E-state index contributed by atoms with van der Waals surface area (Å²) in [6.07, 6.45) is 5.54. The number of amides is 2. The van der Waals surface area contributed by atoms with Crippen LogP contribution in [0.2, 0.25) is 0 Å². The third kappa shape index (κ3) is 4.61. The Labute approximate surface area is 212 Å². The van der Waals surface area contributed by atoms with Crippen LogP contribution in [-0.4, -0.2) is 57.5 Å². The molecular formula is C26H29N5O6. The molecule has 2 aliphatic carbocycles. The van der Waals surface area contributed by atoms with E-state index in [9.17, 15) is 9.59 Å². The van der Waals surface area contributed by atoms with E-state index in [1.165, 1.54) is 19.2 Å². The summed E-state index contributed by atoms with van der Waals surface area (Å²) < 4.78 is 17.6. The average Bonchev–Trinajstić information content (AvgIpc) is 3.46. The molecule has 2 amide bonds. The van der Waals surface area contributed by atoms with E-state index in [1.54, 1.807) is 0 Å². The maximum Gasteiger partial charge on any atom is 0.404 e. The summed E-state index contributed by atoms with van der Waals surface area (Å²) in [6, 6.07) is 3.60. The molecule has 3 aliphatic rings. The highest BCUT2D eigenvalue weighted by Crippen LogP contribution is 2.48. The standard InChI is InChI=1S/C26H29N5O6/c1-13-19(25(32)30-15-4-6-16(7-5-15)31-26(33)34)21-23(29-13)22(28-11-27-21)20-17(35-10-14-2-3-14)8-9-18-24(20)37-12-36-18/h8-9,11,14-16,29,31H,2-7,10,12H2,1H3,(H,30,32)(H,33,34)/t15-,16+. The Morgan fingerprint density at radius 2 is 1.84 bits per heavy atom. The molecule has 3 heterocycles. The van der Waals surface area contributed by atoms with Crippen molar-refractivity contribution in [2.24, 2.45) is 5.92 Å². The number of H-pyrrole nitrogens is 1. The monoisotopic (exact) mass is 507 g/mol. The molecule has 1 aliphatic heterocycles. The van der Waals surface area contributed by atoms with Crippen molar-refractivity contribution in [2.75, 3.05) is 13.4 Å². The number of aromatic nitrogens is 3. The molecule has 0 unspecified atom stereocenters. The highest BCUT2D eigenvalue weighted by atomic mass is 16.7. The quantitative estimate of drug-likeness (QED) is 0.378. The number of nitrogens with one attached hydrogen (secondary N) is 3. The first kappa shape index (κ1) is 23.4. The highest BCUT2D eigenvalue weighted by molar-refractivity contribution is 6.09. The third-order valence-electron chi connectivity index (χ3n) is 7.30. The maximum absolute atomic E-state index is 13.4. The molecule has 0 spiro atoms. The fourth-order valence-electron chi connectivity index (χ4n) is 5.19. The van der Waals surface area contributed by atoms with Crippen LogP contribution >= 0.6 is 0 Å². The lowest BCUT2D eigenvalue weighted by molar-refractivity contribution is 0.0924. The number of rotatable bonds is 7. The van der Waals surface area contributed by atoms with Crippen molar-refractivity contribution in [1.82, 2.24) is 25.6 Å². The summed E-state index contributed by atoms with van der Waals surface area (Å²) >= 11 is 0. The first-order valence-electron chi connectivity index (χ1n) is 12.7. The molecule has 194 valence electrons. The normalized spacial score (nSPS) is 20.6. The van der Waals surface area contributed by atoms with Crippen LogP contribution in [0.15, 0.2) is 18.5 Å². The predicted octanol–water partition coefficient (Wildman–Crippen LogP) is 3.76. The van der Waals surface area contributed by atoms with Crippen molar-refractivity contribution in [3.05, 3.63) is 29.7 Å². The zero-order valence-corrected chi connectivity index (χ0v) is 20.5. The lowest BCUT2D eigenvalue weighted by atomic mass is 9.91. The van der Waals surface area contributed by atoms with Crippen LogP contribution in [0.3, 0.4) is 0 Å². The molecule has 2 saturated carbocycles. The second-order valence-electron chi connectivity index (χ2n) is 9.97. The number of benzene rings is 1. The number of carbonyl (C=O) groups excluding carboxylic acids is 1. The summed E-state index contributed by atoms with van der Waals surface area (Å²) in [5, 5.41) is 14.6. The second-order valence-corrected chi connectivity index (χ2v) is 9.97. The molecule has 4 N–H and O–H groups in total. The Kier molecular flexibility index (Phi) is 5.97. The van der Waals surface area contributed by atoms with Gasteiger partial charge in [0.1, 0.15) is 23.3 Å². The number of aryl methyl sites for hydroxylation is 1. The van der Waals surface area contributed by atoms with E-state index < -0.39 is 6.09 Å². The molecule has 0 saturated heterocycles. The lowest BCUT2D eigenvalue weighted by Gasteiger charge is -2.28. The van der Waals surface area contributed by atoms with Gasteiger partial charge in [-0.25, -0.2) is 14.8 Å². The Morgan fingerprint density at radius 3 is 2.57 bits per heavy atom. The minimum atomic E-state index is -1.01. The molecule has 0 radical (unpaired) electrons. The number of nitrogens with zero attached hydrogens (tertiary/aromatic N) is 2. The third-order valence-corrected chi connectivity index (χ3v) is 7.30. The van der Waals surface area contributed by atoms with Gasteiger partial charge in [-0.05, 0) is 63.5 Å². The van der Waals surface area contributed by atoms with Crippen molar-refractivity contribution >= 4 is 23.0 Å². The molecule has 0 bridgehead atoms. The van der Waals surface area contributed by atoms with Gasteiger partial charge >= 0.3 is 6.09 Å². The summed E-state index contributed by atoms with van der Waals surface area (Å²) in [4.78, 5) is 36.7. The predicted molar refractivity (Wildman–Crippen MR) is 133 cm³/mol. The minimum absolute atomic E-state index is 0.0321. The average molecular weight is 508 g/mol. The van der Waals surface area contributed by atoms with Gasteiger partial charge in [-0.1, -0.05) is 0 Å². The number of hydrogen-bond acceptors (Lipinski definition) is 7. The molecule has 2 fully saturated rings. The number of hydrogen-bond donors (Lipinski definition) is 4. The smallest absolute Gasteiger partial charge is 0.404 e. The maximum atomic E-state index is 13.4. The fraction of sp³-hybridized carbons (Fsp3) is 0.462. The molecule has 3 aromatic rings. The van der Waals surface area contributed by atoms with Crippen LogP contribution in [0, 0.1) is 12.8 Å². The van der Waals surface area contributed by atoms with Gasteiger partial charge in [0.2, 0.25) is 6.79 Å². The van der Waals surface area contributed by atoms with Gasteiger partial charge in [-0.3, -0.25) is 4.79 Å². The van der Waals surface area contributed by atoms with E-state index in [-0.39, 0.29) is 24.8 Å². The molecular weight excluding hydrogens is 478 g/mol. The minimum Gasteiger partial charge on any atom is -0.492 e. The Hall–Kier alpha value is -4.02. The van der Waals surface area contributed by atoms with Crippen molar-refractivity contribution in [3.63, 3.8) is 0 Å². The lowest BCUT2D eigenvalue weighted by Crippen LogP contribution is -2.43. The van der Waals surface area contributed by atoms with Crippen molar-refractivity contribution in [3.8, 4) is 28.5 Å². The van der Waals surface area contributed by atoms with E-state index in [0.29, 0.717) is 89.0 Å². The van der Waals surface area contributed by atoms with Gasteiger partial charge < -0.3 is 34.9 Å². The largest absolute Gasteiger partial charge is 0.492 e. The Balaban J connectivity index is 1.30. The van der Waals surface area contributed by atoms with Crippen LogP contribution in [0.25, 0.3) is 22.3 Å². The number of carboxylic acid groups (broad SMARTS) is 1. The van der Waals surface area contributed by atoms with Crippen molar-refractivity contribution in [1.29, 1.82) is 0 Å². The van der Waals surface area contributed by atoms with Crippen LogP contribution in [0.5, 0.6) is 17.2 Å². The van der Waals surface area contributed by atoms with E-state index in [1.807, 2.05) is 19.1 Å². The SMILES string of the molecule is Cc1[nH]c2c(-c3c(OCC4CC4)ccc4c3OCO4)ncnc2c1C(=O)N[C@H]1CC[C@@H](NC(=O)O)CC1. The van der Waals surface area contributed by atoms with Gasteiger partial charge in [-0.15, -0.1) is 0 Å². The molecule has 11 nitrogen and oxygen atoms in total. The van der Waals surface area contributed by atoms with Gasteiger partial charge in [0.05, 0.1) is 23.3 Å². The fourth-order valence-corrected chi connectivity index (χ4v) is 5.19. The molecule has 37 heavy (non-hydrogen) atoms. The molecule has 6 rings (SSSR count). The summed E-state index contributed by atoms with van der Waals surface area (Å²) in [5.74, 6) is 2.20. The van der Waals surface area contributed by atoms with Crippen molar-refractivity contribution in [2.45, 2.75) is 57.5 Å². The molecule has 0 atom stereocenters. The van der Waals surface area contributed by atoms with Crippen molar-refractivity contribution < 1.29 is 28.9 Å². The van der Waals surface area contributed by atoms with E-state index in [2.05, 4.69) is 25.6 Å². The van der Waals surface area contributed by atoms with Crippen LogP contribution < -0.4 is 24.8 Å². The van der Waals surface area contributed by atoms with Gasteiger partial charge in [0.15, 0.2) is 11.5 Å². The summed E-state index contributed by atoms with van der Waals surface area (Å²) in [5.41, 5.74) is 3.56. The first-order chi connectivity index (χ1) is 18.0. The first-order valence-corrected chi connectivity index (χ1v) is 12.7. The Bertz CT molecular complexity index is 1360. The molecule has 2 aromatic heterocycles. The number of fused-ring (bicyclic) bond motifs is 2.